The van der Waals surface area contributed by atoms with Gasteiger partial charge in [-0.1, -0.05) is 60.3 Å². The summed E-state index contributed by atoms with van der Waals surface area (Å²) < 4.78 is 30.4. The van der Waals surface area contributed by atoms with Crippen molar-refractivity contribution in [3.05, 3.63) is 90.0 Å². The maximum absolute atomic E-state index is 12.3. The topological polar surface area (TPSA) is 38.3 Å². The first-order valence-electron chi connectivity index (χ1n) is 8.69. The van der Waals surface area contributed by atoms with Crippen molar-refractivity contribution in [2.75, 3.05) is 11.9 Å². The largest absolute Gasteiger partial charge is 0.483 e. The lowest BCUT2D eigenvalue weighted by molar-refractivity contribution is -0.118. The van der Waals surface area contributed by atoms with Gasteiger partial charge >= 0.3 is 0 Å². The van der Waals surface area contributed by atoms with E-state index in [-0.39, 0.29) is 12.5 Å². The minimum absolute atomic E-state index is 0.140. The van der Waals surface area contributed by atoms with Crippen molar-refractivity contribution < 1.29 is 18.3 Å². The Morgan fingerprint density at radius 1 is 0.929 bits per heavy atom. The van der Waals surface area contributed by atoms with Crippen molar-refractivity contribution in [1.82, 2.24) is 0 Å². The summed E-state index contributed by atoms with van der Waals surface area (Å²) in [6, 6.07) is 23.9. The maximum atomic E-state index is 12.3. The number of rotatable bonds is 8. The van der Waals surface area contributed by atoms with Crippen molar-refractivity contribution in [3.63, 3.8) is 0 Å². The molecule has 0 spiro atoms. The first-order valence-corrected chi connectivity index (χ1v) is 9.57. The summed E-state index contributed by atoms with van der Waals surface area (Å²) in [5, 5.41) is 2.70. The molecule has 3 aromatic carbocycles. The molecule has 1 amide bonds. The number of carbonyl (C=O) groups excluding carboxylic acids is 1. The smallest absolute Gasteiger partial charge is 0.288 e. The quantitative estimate of drug-likeness (QED) is 0.501. The molecule has 3 aromatic rings. The van der Waals surface area contributed by atoms with Gasteiger partial charge in [0.15, 0.2) is 6.61 Å². The van der Waals surface area contributed by atoms with E-state index >= 15 is 0 Å². The molecule has 6 heteroatoms. The van der Waals surface area contributed by atoms with Crippen LogP contribution in [0, 0.1) is 0 Å². The van der Waals surface area contributed by atoms with Crippen LogP contribution in [-0.2, 0) is 11.2 Å². The van der Waals surface area contributed by atoms with E-state index in [1.54, 1.807) is 24.3 Å². The number of carbonyl (C=O) groups is 1. The van der Waals surface area contributed by atoms with Crippen LogP contribution < -0.4 is 10.1 Å². The summed E-state index contributed by atoms with van der Waals surface area (Å²) in [5.74, 6) is -2.13. The zero-order valence-electron chi connectivity index (χ0n) is 15.0. The van der Waals surface area contributed by atoms with Crippen LogP contribution in [0.3, 0.4) is 0 Å². The number of ether oxygens (including phenoxy) is 1. The van der Waals surface area contributed by atoms with Crippen LogP contribution >= 0.6 is 11.8 Å². The lowest BCUT2D eigenvalue weighted by atomic mass is 10.0. The SMILES string of the molecule is O=C(COc1ccccc1Cc1ccccc1)Nc1ccc(SC(F)F)cc1. The summed E-state index contributed by atoms with van der Waals surface area (Å²) in [4.78, 5) is 12.6. The van der Waals surface area contributed by atoms with Crippen LogP contribution in [0.1, 0.15) is 11.1 Å². The molecule has 0 bridgehead atoms. The van der Waals surface area contributed by atoms with Crippen molar-refractivity contribution in [3.8, 4) is 5.75 Å². The van der Waals surface area contributed by atoms with E-state index in [4.69, 9.17) is 4.74 Å². The van der Waals surface area contributed by atoms with Gasteiger partial charge < -0.3 is 10.1 Å². The lowest BCUT2D eigenvalue weighted by Crippen LogP contribution is -2.20. The zero-order chi connectivity index (χ0) is 19.8. The van der Waals surface area contributed by atoms with E-state index in [1.807, 2.05) is 54.6 Å². The van der Waals surface area contributed by atoms with Gasteiger partial charge in [0.05, 0.1) is 0 Å². The number of benzene rings is 3. The fraction of sp³-hybridized carbons (Fsp3) is 0.136. The number of alkyl halides is 2. The molecule has 3 nitrogen and oxygen atoms in total. The van der Waals surface area contributed by atoms with Crippen LogP contribution in [0.15, 0.2) is 83.8 Å². The zero-order valence-corrected chi connectivity index (χ0v) is 15.8. The molecule has 0 saturated heterocycles. The van der Waals surface area contributed by atoms with Gasteiger partial charge in [0.1, 0.15) is 5.75 Å². The normalized spacial score (nSPS) is 10.7. The Hall–Kier alpha value is -2.86. The second kappa shape index (κ2) is 9.90. The van der Waals surface area contributed by atoms with E-state index in [0.717, 1.165) is 11.1 Å². The van der Waals surface area contributed by atoms with Crippen molar-refractivity contribution in [1.29, 1.82) is 0 Å². The Morgan fingerprint density at radius 2 is 1.61 bits per heavy atom. The molecule has 0 fully saturated rings. The van der Waals surface area contributed by atoms with E-state index in [0.29, 0.717) is 34.5 Å². The number of thioether (sulfide) groups is 1. The number of halogens is 2. The molecule has 0 heterocycles. The van der Waals surface area contributed by atoms with Crippen LogP contribution in [-0.4, -0.2) is 18.3 Å². The predicted octanol–water partition coefficient (Wildman–Crippen LogP) is 5.61. The van der Waals surface area contributed by atoms with E-state index in [9.17, 15) is 13.6 Å². The van der Waals surface area contributed by atoms with Crippen LogP contribution in [0.2, 0.25) is 0 Å². The highest BCUT2D eigenvalue weighted by molar-refractivity contribution is 7.99. The molecule has 28 heavy (non-hydrogen) atoms. The van der Waals surface area contributed by atoms with Crippen LogP contribution in [0.25, 0.3) is 0 Å². The summed E-state index contributed by atoms with van der Waals surface area (Å²) >= 11 is 0.465. The Kier molecular flexibility index (Phi) is 7.03. The molecule has 1 N–H and O–H groups in total. The van der Waals surface area contributed by atoms with Crippen LogP contribution in [0.4, 0.5) is 14.5 Å². The summed E-state index contributed by atoms with van der Waals surface area (Å²) in [6.07, 6.45) is 0.710. The summed E-state index contributed by atoms with van der Waals surface area (Å²) in [6.45, 7) is -0.140. The van der Waals surface area contributed by atoms with Crippen molar-refractivity contribution in [2.24, 2.45) is 0 Å². The third kappa shape index (κ3) is 6.09. The van der Waals surface area contributed by atoms with Crippen molar-refractivity contribution >= 4 is 23.4 Å². The number of para-hydroxylation sites is 1. The monoisotopic (exact) mass is 399 g/mol. The standard InChI is InChI=1S/C22H19F2NO2S/c23-22(24)28-19-12-10-18(11-13-19)25-21(26)15-27-20-9-5-4-8-17(20)14-16-6-2-1-3-7-16/h1-13,22H,14-15H2,(H,25,26). The predicted molar refractivity (Wildman–Crippen MR) is 108 cm³/mol. The second-order valence-electron chi connectivity index (χ2n) is 6.01. The van der Waals surface area contributed by atoms with E-state index < -0.39 is 5.76 Å². The maximum Gasteiger partial charge on any atom is 0.288 e. The molecule has 0 radical (unpaired) electrons. The van der Waals surface area contributed by atoms with Gasteiger partial charge in [0.2, 0.25) is 0 Å². The number of hydrogen-bond donors (Lipinski definition) is 1. The Labute approximate surface area is 166 Å². The molecule has 144 valence electrons. The molecule has 0 aliphatic carbocycles. The molecular formula is C22H19F2NO2S. The molecule has 0 atom stereocenters. The van der Waals surface area contributed by atoms with Crippen molar-refractivity contribution in [2.45, 2.75) is 17.1 Å². The van der Waals surface area contributed by atoms with Crippen LogP contribution in [0.5, 0.6) is 5.75 Å². The van der Waals surface area contributed by atoms with E-state index in [2.05, 4.69) is 5.32 Å². The third-order valence-corrected chi connectivity index (χ3v) is 4.65. The van der Waals surface area contributed by atoms with Gasteiger partial charge in [-0.15, -0.1) is 0 Å². The average Bonchev–Trinajstić information content (AvgIpc) is 2.69. The number of nitrogens with one attached hydrogen (secondary N) is 1. The van der Waals surface area contributed by atoms with Gasteiger partial charge in [-0.05, 0) is 41.5 Å². The molecular weight excluding hydrogens is 380 g/mol. The summed E-state index contributed by atoms with van der Waals surface area (Å²) in [5.41, 5.74) is 2.68. The second-order valence-corrected chi connectivity index (χ2v) is 7.07. The van der Waals surface area contributed by atoms with Gasteiger partial charge in [0, 0.05) is 17.0 Å². The summed E-state index contributed by atoms with van der Waals surface area (Å²) in [7, 11) is 0. The number of hydrogen-bond acceptors (Lipinski definition) is 3. The van der Waals surface area contributed by atoms with E-state index in [1.165, 1.54) is 0 Å². The first-order chi connectivity index (χ1) is 13.6. The Balaban J connectivity index is 1.56. The highest BCUT2D eigenvalue weighted by atomic mass is 32.2. The molecule has 0 aliphatic rings. The molecule has 0 unspecified atom stereocenters. The fourth-order valence-corrected chi connectivity index (χ4v) is 3.17. The average molecular weight is 399 g/mol. The molecule has 3 rings (SSSR count). The number of anilines is 1. The Morgan fingerprint density at radius 3 is 2.32 bits per heavy atom. The fourth-order valence-electron chi connectivity index (χ4n) is 2.67. The highest BCUT2D eigenvalue weighted by Gasteiger charge is 2.09. The highest BCUT2D eigenvalue weighted by Crippen LogP contribution is 2.26. The Bertz CT molecular complexity index is 902. The minimum atomic E-state index is -2.47. The number of amides is 1. The van der Waals surface area contributed by atoms with Gasteiger partial charge in [-0.2, -0.15) is 8.78 Å². The van der Waals surface area contributed by atoms with Gasteiger partial charge in [0.25, 0.3) is 11.7 Å². The molecule has 0 saturated carbocycles. The molecule has 0 aromatic heterocycles. The lowest BCUT2D eigenvalue weighted by Gasteiger charge is -2.12. The third-order valence-electron chi connectivity index (χ3n) is 3.93. The minimum Gasteiger partial charge on any atom is -0.483 e. The van der Waals surface area contributed by atoms with Gasteiger partial charge in [-0.25, -0.2) is 0 Å². The first kappa shape index (κ1) is 19.9. The van der Waals surface area contributed by atoms with Gasteiger partial charge in [-0.3, -0.25) is 4.79 Å². The molecule has 0 aliphatic heterocycles.